The first-order valence-electron chi connectivity index (χ1n) is 8.46. The van der Waals surface area contributed by atoms with Crippen LogP contribution >= 0.6 is 11.6 Å². The molecule has 0 aromatic heterocycles. The van der Waals surface area contributed by atoms with Crippen molar-refractivity contribution >= 4 is 34.4 Å². The number of nitrogens with one attached hydrogen (secondary N) is 1. The molecule has 6 heteroatoms. The Morgan fingerprint density at radius 1 is 0.750 bits per heavy atom. The van der Waals surface area contributed by atoms with Gasteiger partial charge in [-0.1, -0.05) is 60.7 Å². The number of hydrogen-bond acceptors (Lipinski definition) is 4. The summed E-state index contributed by atoms with van der Waals surface area (Å²) < 4.78 is 5.20. The third-order valence-electron chi connectivity index (χ3n) is 4.00. The monoisotopic (exact) mass is 393 g/mol. The maximum Gasteiger partial charge on any atom is 0.411 e. The molecule has 3 aromatic carbocycles. The Hall–Kier alpha value is -3.44. The highest BCUT2D eigenvalue weighted by molar-refractivity contribution is 6.68. The van der Waals surface area contributed by atoms with Crippen molar-refractivity contribution in [2.45, 2.75) is 6.61 Å². The fourth-order valence-electron chi connectivity index (χ4n) is 2.66. The molecule has 5 nitrogen and oxygen atoms in total. The first-order valence-corrected chi connectivity index (χ1v) is 8.84. The molecule has 0 atom stereocenters. The van der Waals surface area contributed by atoms with Gasteiger partial charge in [-0.25, -0.2) is 4.79 Å². The van der Waals surface area contributed by atoms with Crippen LogP contribution in [0.25, 0.3) is 0 Å². The largest absolute Gasteiger partial charge is 0.444 e. The van der Waals surface area contributed by atoms with Crippen molar-refractivity contribution in [2.24, 2.45) is 0 Å². The molecular formula is C22H16ClNO4. The van der Waals surface area contributed by atoms with E-state index in [4.69, 9.17) is 16.3 Å². The Balaban J connectivity index is 1.79. The minimum atomic E-state index is -0.725. The van der Waals surface area contributed by atoms with E-state index < -0.39 is 17.1 Å². The molecule has 0 aliphatic carbocycles. The van der Waals surface area contributed by atoms with Gasteiger partial charge in [0, 0.05) is 16.7 Å². The van der Waals surface area contributed by atoms with E-state index in [0.29, 0.717) is 0 Å². The predicted molar refractivity (Wildman–Crippen MR) is 107 cm³/mol. The number of halogens is 1. The summed E-state index contributed by atoms with van der Waals surface area (Å²) in [6.45, 7) is 0.104. The molecule has 140 valence electrons. The number of carbonyl (C=O) groups excluding carboxylic acids is 3. The third-order valence-corrected chi connectivity index (χ3v) is 4.21. The molecule has 0 bridgehead atoms. The molecule has 1 N–H and O–H groups in total. The first kappa shape index (κ1) is 19.3. The second-order valence-corrected chi connectivity index (χ2v) is 6.22. The van der Waals surface area contributed by atoms with Gasteiger partial charge in [-0.2, -0.15) is 0 Å². The standard InChI is InChI=1S/C22H16ClNO4/c23-21(26)17-11-5-4-10-16(17)20(25)18-12-6-7-13-19(18)24-22(27)28-14-15-8-2-1-3-9-15/h1-13H,14H2,(H,24,27). The first-order chi connectivity index (χ1) is 13.6. The molecule has 0 spiro atoms. The number of amides is 1. The molecule has 3 aromatic rings. The van der Waals surface area contributed by atoms with Crippen LogP contribution in [0, 0.1) is 0 Å². The lowest BCUT2D eigenvalue weighted by Crippen LogP contribution is -2.17. The Labute approximate surface area is 166 Å². The summed E-state index contributed by atoms with van der Waals surface area (Å²) in [5, 5.41) is 1.85. The summed E-state index contributed by atoms with van der Waals surface area (Å²) in [6.07, 6.45) is -0.689. The number of carbonyl (C=O) groups is 3. The maximum atomic E-state index is 13.0. The van der Waals surface area contributed by atoms with Gasteiger partial charge in [0.05, 0.1) is 5.69 Å². The smallest absolute Gasteiger partial charge is 0.411 e. The van der Waals surface area contributed by atoms with Gasteiger partial charge < -0.3 is 4.74 Å². The second-order valence-electron chi connectivity index (χ2n) is 5.88. The highest BCUT2D eigenvalue weighted by Gasteiger charge is 2.20. The van der Waals surface area contributed by atoms with E-state index in [1.54, 1.807) is 36.4 Å². The molecule has 0 aliphatic heterocycles. The summed E-state index contributed by atoms with van der Waals surface area (Å²) in [7, 11) is 0. The Bertz CT molecular complexity index is 1020. The zero-order valence-corrected chi connectivity index (χ0v) is 15.5. The highest BCUT2D eigenvalue weighted by atomic mass is 35.5. The van der Waals surface area contributed by atoms with Crippen LogP contribution in [0.1, 0.15) is 31.8 Å². The summed E-state index contributed by atoms with van der Waals surface area (Å²) in [6, 6.07) is 22.0. The number of benzene rings is 3. The molecule has 0 saturated carbocycles. The molecule has 0 radical (unpaired) electrons. The SMILES string of the molecule is O=C(Nc1ccccc1C(=O)c1ccccc1C(=O)Cl)OCc1ccccc1. The van der Waals surface area contributed by atoms with Gasteiger partial charge in [-0.05, 0) is 35.4 Å². The van der Waals surface area contributed by atoms with Crippen molar-refractivity contribution in [3.05, 3.63) is 101 Å². The molecule has 0 fully saturated rings. The van der Waals surface area contributed by atoms with Crippen molar-refractivity contribution in [1.29, 1.82) is 0 Å². The lowest BCUT2D eigenvalue weighted by atomic mass is 9.97. The van der Waals surface area contributed by atoms with E-state index in [0.717, 1.165) is 5.56 Å². The number of anilines is 1. The summed E-state index contributed by atoms with van der Waals surface area (Å²) in [5.41, 5.74) is 1.62. The van der Waals surface area contributed by atoms with E-state index in [9.17, 15) is 14.4 Å². The van der Waals surface area contributed by atoms with Crippen LogP contribution in [0.5, 0.6) is 0 Å². The minimum Gasteiger partial charge on any atom is -0.444 e. The Morgan fingerprint density at radius 2 is 1.32 bits per heavy atom. The fraction of sp³-hybridized carbons (Fsp3) is 0.0455. The molecule has 0 heterocycles. The van der Waals surface area contributed by atoms with Gasteiger partial charge in [0.15, 0.2) is 5.78 Å². The van der Waals surface area contributed by atoms with Gasteiger partial charge in [0.25, 0.3) is 5.24 Å². The average Bonchev–Trinajstić information content (AvgIpc) is 2.73. The van der Waals surface area contributed by atoms with Gasteiger partial charge in [0.2, 0.25) is 0 Å². The number of rotatable bonds is 6. The van der Waals surface area contributed by atoms with E-state index >= 15 is 0 Å². The Morgan fingerprint density at radius 3 is 2.00 bits per heavy atom. The topological polar surface area (TPSA) is 72.5 Å². The second kappa shape index (κ2) is 8.97. The Kier molecular flexibility index (Phi) is 6.19. The third kappa shape index (κ3) is 4.64. The molecule has 0 saturated heterocycles. The summed E-state index contributed by atoms with van der Waals surface area (Å²) >= 11 is 5.58. The van der Waals surface area contributed by atoms with Crippen molar-refractivity contribution in [3.63, 3.8) is 0 Å². The average molecular weight is 394 g/mol. The zero-order valence-electron chi connectivity index (χ0n) is 14.7. The molecule has 1 amide bonds. The van der Waals surface area contributed by atoms with Crippen molar-refractivity contribution in [1.82, 2.24) is 0 Å². The van der Waals surface area contributed by atoms with Gasteiger partial charge in [0.1, 0.15) is 6.61 Å². The van der Waals surface area contributed by atoms with Crippen LogP contribution in [0.4, 0.5) is 10.5 Å². The van der Waals surface area contributed by atoms with Gasteiger partial charge >= 0.3 is 6.09 Å². The van der Waals surface area contributed by atoms with Crippen LogP contribution in [-0.4, -0.2) is 17.1 Å². The van der Waals surface area contributed by atoms with E-state index in [2.05, 4.69) is 5.32 Å². The number of hydrogen-bond donors (Lipinski definition) is 1. The maximum absolute atomic E-state index is 13.0. The van der Waals surface area contributed by atoms with Crippen LogP contribution in [0.15, 0.2) is 78.9 Å². The van der Waals surface area contributed by atoms with Crippen LogP contribution in [0.3, 0.4) is 0 Å². The van der Waals surface area contributed by atoms with Gasteiger partial charge in [-0.3, -0.25) is 14.9 Å². The van der Waals surface area contributed by atoms with Crippen LogP contribution in [-0.2, 0) is 11.3 Å². The molecule has 3 rings (SSSR count). The lowest BCUT2D eigenvalue weighted by molar-refractivity contribution is 0.102. The number of ketones is 1. The van der Waals surface area contributed by atoms with E-state index in [1.165, 1.54) is 12.1 Å². The fourth-order valence-corrected chi connectivity index (χ4v) is 2.82. The predicted octanol–water partition coefficient (Wildman–Crippen LogP) is 5.05. The highest BCUT2D eigenvalue weighted by Crippen LogP contribution is 2.22. The van der Waals surface area contributed by atoms with Crippen molar-refractivity contribution in [2.75, 3.05) is 5.32 Å². The van der Waals surface area contributed by atoms with Crippen molar-refractivity contribution < 1.29 is 19.1 Å². The van der Waals surface area contributed by atoms with E-state index in [-0.39, 0.29) is 29.0 Å². The summed E-state index contributed by atoms with van der Waals surface area (Å²) in [4.78, 5) is 36.7. The molecule has 0 aliphatic rings. The van der Waals surface area contributed by atoms with Crippen molar-refractivity contribution in [3.8, 4) is 0 Å². The zero-order chi connectivity index (χ0) is 19.9. The lowest BCUT2D eigenvalue weighted by Gasteiger charge is -2.12. The minimum absolute atomic E-state index is 0.104. The summed E-state index contributed by atoms with van der Waals surface area (Å²) in [5.74, 6) is -0.427. The molecular weight excluding hydrogens is 378 g/mol. The van der Waals surface area contributed by atoms with Crippen LogP contribution < -0.4 is 5.32 Å². The van der Waals surface area contributed by atoms with E-state index in [1.807, 2.05) is 30.3 Å². The molecule has 28 heavy (non-hydrogen) atoms. The number of ether oxygens (including phenoxy) is 1. The van der Waals surface area contributed by atoms with Gasteiger partial charge in [-0.15, -0.1) is 0 Å². The number of para-hydroxylation sites is 1. The van der Waals surface area contributed by atoms with Crippen LogP contribution in [0.2, 0.25) is 0 Å². The normalized spacial score (nSPS) is 10.2. The molecule has 0 unspecified atom stereocenters. The quantitative estimate of drug-likeness (QED) is 0.470.